The fraction of sp³-hybridized carbons (Fsp3) is 0.565. The molecule has 3 rings (SSSR count). The molecule has 0 saturated carbocycles. The third kappa shape index (κ3) is 5.59. The van der Waals surface area contributed by atoms with E-state index in [-0.39, 0.29) is 18.2 Å². The van der Waals surface area contributed by atoms with Crippen LogP contribution in [0.25, 0.3) is 10.9 Å². The quantitative estimate of drug-likeness (QED) is 0.443. The number of aliphatic hydroxyl groups is 1. The topological polar surface area (TPSA) is 109 Å². The van der Waals surface area contributed by atoms with Crippen molar-refractivity contribution >= 4 is 10.9 Å². The third-order valence-corrected chi connectivity index (χ3v) is 5.88. The molecule has 0 fully saturated rings. The Morgan fingerprint density at radius 3 is 2.75 bits per heavy atom. The molecule has 1 aromatic carbocycles. The molecule has 0 unspecified atom stereocenters. The van der Waals surface area contributed by atoms with Crippen LogP contribution in [0.2, 0.25) is 0 Å². The summed E-state index contributed by atoms with van der Waals surface area (Å²) in [6.07, 6.45) is 2.37. The van der Waals surface area contributed by atoms with Crippen LogP contribution in [0.1, 0.15) is 54.7 Å². The lowest BCUT2D eigenvalue weighted by Crippen LogP contribution is -2.34. The van der Waals surface area contributed by atoms with Gasteiger partial charge in [-0.25, -0.2) is 4.68 Å². The first-order valence-electron chi connectivity index (χ1n) is 11.2. The van der Waals surface area contributed by atoms with Crippen molar-refractivity contribution in [1.82, 2.24) is 30.1 Å². The number of nitrogens with one attached hydrogen (secondary N) is 1. The summed E-state index contributed by atoms with van der Waals surface area (Å²) in [4.78, 5) is 18.2. The molecule has 0 saturated heterocycles. The van der Waals surface area contributed by atoms with Crippen molar-refractivity contribution in [3.63, 3.8) is 0 Å². The molecule has 2 N–H and O–H groups in total. The number of hydrogen-bond acceptors (Lipinski definition) is 7. The molecule has 32 heavy (non-hydrogen) atoms. The number of aliphatic hydroxyl groups excluding tert-OH is 1. The van der Waals surface area contributed by atoms with E-state index in [0.717, 1.165) is 35.1 Å². The summed E-state index contributed by atoms with van der Waals surface area (Å²) in [5, 5.41) is 22.8. The molecule has 0 aliphatic rings. The van der Waals surface area contributed by atoms with Crippen LogP contribution in [0, 0.1) is 13.8 Å². The smallest absolute Gasteiger partial charge is 0.252 e. The molecule has 9 heteroatoms. The van der Waals surface area contributed by atoms with Crippen molar-refractivity contribution in [2.45, 2.75) is 59.2 Å². The van der Waals surface area contributed by atoms with E-state index >= 15 is 0 Å². The minimum absolute atomic E-state index is 0.0757. The van der Waals surface area contributed by atoms with Gasteiger partial charge < -0.3 is 14.8 Å². The number of tetrazole rings is 1. The number of benzene rings is 1. The number of aromatic amines is 1. The molecule has 0 radical (unpaired) electrons. The fourth-order valence-electron chi connectivity index (χ4n) is 4.01. The fourth-order valence-corrected chi connectivity index (χ4v) is 4.01. The second-order valence-corrected chi connectivity index (χ2v) is 8.25. The molecule has 0 spiro atoms. The molecule has 0 aliphatic carbocycles. The Kier molecular flexibility index (Phi) is 8.49. The molecule has 2 heterocycles. The minimum Gasteiger partial charge on any atom is -0.396 e. The van der Waals surface area contributed by atoms with E-state index in [1.165, 1.54) is 5.56 Å². The van der Waals surface area contributed by atoms with Gasteiger partial charge in [-0.2, -0.15) is 0 Å². The molecular formula is C23H34N6O3. The maximum atomic E-state index is 12.9. The van der Waals surface area contributed by atoms with Crippen molar-refractivity contribution in [2.75, 3.05) is 26.9 Å². The Morgan fingerprint density at radius 2 is 2.03 bits per heavy atom. The molecule has 1 atom stereocenters. The average molecular weight is 443 g/mol. The van der Waals surface area contributed by atoms with Gasteiger partial charge in [0.25, 0.3) is 5.56 Å². The summed E-state index contributed by atoms with van der Waals surface area (Å²) in [7, 11) is 1.65. The lowest BCUT2D eigenvalue weighted by Gasteiger charge is -2.30. The van der Waals surface area contributed by atoms with E-state index in [1.54, 1.807) is 11.8 Å². The van der Waals surface area contributed by atoms with Gasteiger partial charge in [-0.15, -0.1) is 5.10 Å². The average Bonchev–Trinajstić information content (AvgIpc) is 3.23. The predicted octanol–water partition coefficient (Wildman–Crippen LogP) is 2.50. The first-order valence-corrected chi connectivity index (χ1v) is 11.2. The van der Waals surface area contributed by atoms with Crippen LogP contribution in [-0.4, -0.2) is 62.1 Å². The second-order valence-electron chi connectivity index (χ2n) is 8.25. The Morgan fingerprint density at radius 1 is 1.25 bits per heavy atom. The van der Waals surface area contributed by atoms with E-state index in [2.05, 4.69) is 45.3 Å². The van der Waals surface area contributed by atoms with Gasteiger partial charge in [-0.1, -0.05) is 13.3 Å². The molecule has 2 aromatic heterocycles. The third-order valence-electron chi connectivity index (χ3n) is 5.88. The van der Waals surface area contributed by atoms with Gasteiger partial charge in [-0.05, 0) is 71.8 Å². The standard InChI is InChI=1S/C23H34N6O3/c1-5-7-21(22-25-26-27-29(22)9-11-32-4)28(8-6-10-30)15-19-14-18-12-16(2)17(3)13-20(18)24-23(19)31/h12-14,21,30H,5-11,15H2,1-4H3,(H,24,31)/t21-/m1/s1. The molecule has 0 amide bonds. The summed E-state index contributed by atoms with van der Waals surface area (Å²) >= 11 is 0. The minimum atomic E-state index is -0.0935. The van der Waals surface area contributed by atoms with E-state index in [0.29, 0.717) is 38.2 Å². The first kappa shape index (κ1) is 24.0. The Bertz CT molecular complexity index is 1080. The highest BCUT2D eigenvalue weighted by Gasteiger charge is 2.26. The van der Waals surface area contributed by atoms with Crippen molar-refractivity contribution in [3.05, 3.63) is 51.1 Å². The van der Waals surface area contributed by atoms with Crippen LogP contribution in [0.5, 0.6) is 0 Å². The van der Waals surface area contributed by atoms with E-state index < -0.39 is 0 Å². The monoisotopic (exact) mass is 442 g/mol. The lowest BCUT2D eigenvalue weighted by atomic mass is 10.0. The first-order chi connectivity index (χ1) is 15.5. The van der Waals surface area contributed by atoms with Gasteiger partial charge in [0.1, 0.15) is 0 Å². The van der Waals surface area contributed by atoms with Crippen molar-refractivity contribution in [1.29, 1.82) is 0 Å². The van der Waals surface area contributed by atoms with Gasteiger partial charge in [0.2, 0.25) is 0 Å². The summed E-state index contributed by atoms with van der Waals surface area (Å²) in [5.41, 5.74) is 3.78. The van der Waals surface area contributed by atoms with Gasteiger partial charge >= 0.3 is 0 Å². The molecule has 3 aromatic rings. The zero-order chi connectivity index (χ0) is 23.1. The Labute approximate surface area is 188 Å². The predicted molar refractivity (Wildman–Crippen MR) is 123 cm³/mol. The van der Waals surface area contributed by atoms with Crippen molar-refractivity contribution < 1.29 is 9.84 Å². The number of hydrogen-bond donors (Lipinski definition) is 2. The molecular weight excluding hydrogens is 408 g/mol. The molecule has 0 bridgehead atoms. The van der Waals surface area contributed by atoms with Crippen LogP contribution in [0.15, 0.2) is 23.0 Å². The molecule has 0 aliphatic heterocycles. The van der Waals surface area contributed by atoms with Crippen LogP contribution < -0.4 is 5.56 Å². The molecule has 174 valence electrons. The lowest BCUT2D eigenvalue weighted by molar-refractivity contribution is 0.141. The molecule has 9 nitrogen and oxygen atoms in total. The Hall–Kier alpha value is -2.62. The number of methoxy groups -OCH3 is 1. The maximum Gasteiger partial charge on any atom is 0.252 e. The number of fused-ring (bicyclic) bond motifs is 1. The number of aryl methyl sites for hydroxylation is 2. The summed E-state index contributed by atoms with van der Waals surface area (Å²) in [5.74, 6) is 0.755. The highest BCUT2D eigenvalue weighted by atomic mass is 16.5. The largest absolute Gasteiger partial charge is 0.396 e. The normalized spacial score (nSPS) is 12.7. The van der Waals surface area contributed by atoms with Crippen LogP contribution >= 0.6 is 0 Å². The van der Waals surface area contributed by atoms with Crippen molar-refractivity contribution in [2.24, 2.45) is 0 Å². The van der Waals surface area contributed by atoms with Gasteiger partial charge in [0.15, 0.2) is 5.82 Å². The number of pyridine rings is 1. The highest BCUT2D eigenvalue weighted by Crippen LogP contribution is 2.26. The summed E-state index contributed by atoms with van der Waals surface area (Å²) in [6.45, 7) is 8.46. The van der Waals surface area contributed by atoms with Crippen molar-refractivity contribution in [3.8, 4) is 0 Å². The number of ether oxygens (including phenoxy) is 1. The Balaban J connectivity index is 1.97. The zero-order valence-corrected chi connectivity index (χ0v) is 19.5. The number of nitrogens with zero attached hydrogens (tertiary/aromatic N) is 5. The van der Waals surface area contributed by atoms with Gasteiger partial charge in [-0.3, -0.25) is 9.69 Å². The van der Waals surface area contributed by atoms with Gasteiger partial charge in [0, 0.05) is 37.9 Å². The number of H-pyrrole nitrogens is 1. The maximum absolute atomic E-state index is 12.9. The van der Waals surface area contributed by atoms with E-state index in [9.17, 15) is 9.90 Å². The summed E-state index contributed by atoms with van der Waals surface area (Å²) < 4.78 is 6.97. The SMILES string of the molecule is CCC[C@H](c1nnnn1CCOC)N(CCCO)Cc1cc2cc(C)c(C)cc2[nH]c1=O. The second kappa shape index (κ2) is 11.3. The zero-order valence-electron chi connectivity index (χ0n) is 19.5. The van der Waals surface area contributed by atoms with Crippen LogP contribution in [0.3, 0.4) is 0 Å². The number of aromatic nitrogens is 5. The van der Waals surface area contributed by atoms with Crippen LogP contribution in [-0.2, 0) is 17.8 Å². The van der Waals surface area contributed by atoms with E-state index in [1.807, 2.05) is 19.1 Å². The number of rotatable bonds is 12. The summed E-state index contributed by atoms with van der Waals surface area (Å²) in [6, 6.07) is 6.03. The highest BCUT2D eigenvalue weighted by molar-refractivity contribution is 5.80. The van der Waals surface area contributed by atoms with Gasteiger partial charge in [0.05, 0.1) is 19.2 Å². The van der Waals surface area contributed by atoms with Crippen LogP contribution in [0.4, 0.5) is 0 Å². The van der Waals surface area contributed by atoms with E-state index in [4.69, 9.17) is 4.74 Å².